The average molecular weight is 323 g/mol. The molecule has 2 unspecified atom stereocenters. The van der Waals surface area contributed by atoms with Crippen LogP contribution in [0.2, 0.25) is 0 Å². The van der Waals surface area contributed by atoms with Gasteiger partial charge in [-0.25, -0.2) is 9.78 Å². The van der Waals surface area contributed by atoms with E-state index >= 15 is 0 Å². The van der Waals surface area contributed by atoms with E-state index in [0.29, 0.717) is 6.42 Å². The van der Waals surface area contributed by atoms with Gasteiger partial charge in [0.1, 0.15) is 6.04 Å². The maximum atomic E-state index is 12.1. The molecule has 0 spiro atoms. The van der Waals surface area contributed by atoms with Gasteiger partial charge in [0.15, 0.2) is 0 Å². The van der Waals surface area contributed by atoms with E-state index in [9.17, 15) is 19.7 Å². The predicted octanol–water partition coefficient (Wildman–Crippen LogP) is 0.921. The van der Waals surface area contributed by atoms with Crippen molar-refractivity contribution < 1.29 is 24.0 Å². The molecule has 0 radical (unpaired) electrons. The summed E-state index contributed by atoms with van der Waals surface area (Å²) in [6.07, 6.45) is 1.99. The van der Waals surface area contributed by atoms with Crippen LogP contribution in [-0.2, 0) is 19.1 Å². The maximum Gasteiger partial charge on any atom is 0.328 e. The van der Waals surface area contributed by atoms with Gasteiger partial charge < -0.3 is 14.4 Å². The molecule has 9 nitrogen and oxygen atoms in total. The zero-order valence-electron chi connectivity index (χ0n) is 12.8. The molecule has 23 heavy (non-hydrogen) atoms. The van der Waals surface area contributed by atoms with Gasteiger partial charge in [-0.2, -0.15) is 0 Å². The highest BCUT2D eigenvalue weighted by Crippen LogP contribution is 2.33. The largest absolute Gasteiger partial charge is 0.469 e. The number of esters is 2. The van der Waals surface area contributed by atoms with Crippen LogP contribution >= 0.6 is 0 Å². The highest BCUT2D eigenvalue weighted by molar-refractivity contribution is 5.83. The fraction of sp³-hybridized carbons (Fsp3) is 0.500. The second-order valence-electron chi connectivity index (χ2n) is 5.08. The molecule has 2 heterocycles. The van der Waals surface area contributed by atoms with E-state index in [4.69, 9.17) is 9.47 Å². The Bertz CT molecular complexity index is 620. The molecule has 0 bridgehead atoms. The van der Waals surface area contributed by atoms with Crippen molar-refractivity contribution in [2.24, 2.45) is 5.92 Å². The van der Waals surface area contributed by atoms with Crippen molar-refractivity contribution in [2.45, 2.75) is 18.9 Å². The molecule has 124 valence electrons. The monoisotopic (exact) mass is 323 g/mol. The molecular weight excluding hydrogens is 306 g/mol. The summed E-state index contributed by atoms with van der Waals surface area (Å²) in [5.41, 5.74) is -0.196. The molecule has 0 amide bonds. The summed E-state index contributed by atoms with van der Waals surface area (Å²) in [5, 5.41) is 11.2. The van der Waals surface area contributed by atoms with E-state index in [-0.39, 0.29) is 24.5 Å². The van der Waals surface area contributed by atoms with Crippen LogP contribution in [-0.4, -0.2) is 48.7 Å². The van der Waals surface area contributed by atoms with Gasteiger partial charge in [-0.3, -0.25) is 14.9 Å². The summed E-state index contributed by atoms with van der Waals surface area (Å²) in [6.45, 7) is 0.261. The fourth-order valence-corrected chi connectivity index (χ4v) is 2.71. The number of carbonyl (C=O) groups excluding carboxylic acids is 2. The first kappa shape index (κ1) is 16.7. The normalized spacial score (nSPS) is 20.7. The highest BCUT2D eigenvalue weighted by Gasteiger charge is 2.40. The Labute approximate surface area is 132 Å². The van der Waals surface area contributed by atoms with E-state index in [0.717, 1.165) is 0 Å². The fourth-order valence-electron chi connectivity index (χ4n) is 2.71. The number of nitrogens with zero attached hydrogens (tertiary/aromatic N) is 3. The van der Waals surface area contributed by atoms with Crippen molar-refractivity contribution >= 4 is 23.4 Å². The molecule has 0 saturated carbocycles. The number of hydrogen-bond donors (Lipinski definition) is 0. The van der Waals surface area contributed by atoms with Crippen molar-refractivity contribution in [1.29, 1.82) is 0 Å². The molecule has 2 rings (SSSR count). The molecule has 2 atom stereocenters. The summed E-state index contributed by atoms with van der Waals surface area (Å²) in [5.74, 6) is -1.34. The Morgan fingerprint density at radius 2 is 2.04 bits per heavy atom. The Hall–Kier alpha value is -2.71. The minimum atomic E-state index is -0.827. The van der Waals surface area contributed by atoms with Crippen LogP contribution in [0.25, 0.3) is 0 Å². The average Bonchev–Trinajstić information content (AvgIpc) is 2.59. The highest BCUT2D eigenvalue weighted by atomic mass is 16.6. The number of piperidine rings is 1. The van der Waals surface area contributed by atoms with E-state index in [1.165, 1.54) is 37.4 Å². The van der Waals surface area contributed by atoms with Crippen LogP contribution in [0.5, 0.6) is 0 Å². The number of carbonyl (C=O) groups is 2. The first-order valence-electron chi connectivity index (χ1n) is 7.01. The third-order valence-corrected chi connectivity index (χ3v) is 3.85. The summed E-state index contributed by atoms with van der Waals surface area (Å²) in [6, 6.07) is 1.95. The molecule has 0 N–H and O–H groups in total. The Morgan fingerprint density at radius 3 is 2.65 bits per heavy atom. The van der Waals surface area contributed by atoms with Gasteiger partial charge >= 0.3 is 17.6 Å². The maximum absolute atomic E-state index is 12.1. The van der Waals surface area contributed by atoms with E-state index in [2.05, 4.69) is 4.98 Å². The quantitative estimate of drug-likeness (QED) is 0.457. The van der Waals surface area contributed by atoms with Crippen LogP contribution in [0.15, 0.2) is 18.3 Å². The number of nitro groups is 1. The molecule has 1 aliphatic rings. The summed E-state index contributed by atoms with van der Waals surface area (Å²) < 4.78 is 9.49. The first-order valence-corrected chi connectivity index (χ1v) is 7.01. The van der Waals surface area contributed by atoms with Crippen LogP contribution < -0.4 is 4.90 Å². The smallest absolute Gasteiger partial charge is 0.328 e. The molecule has 1 saturated heterocycles. The SMILES string of the molecule is COC(=O)C1CCN(c2ncccc2[N+](=O)[O-])C(C(=O)OC)C1. The Kier molecular flexibility index (Phi) is 5.09. The number of hydrogen-bond acceptors (Lipinski definition) is 8. The van der Waals surface area contributed by atoms with Gasteiger partial charge in [-0.15, -0.1) is 0 Å². The van der Waals surface area contributed by atoms with Gasteiger partial charge in [0.25, 0.3) is 0 Å². The van der Waals surface area contributed by atoms with Crippen molar-refractivity contribution in [3.8, 4) is 0 Å². The topological polar surface area (TPSA) is 112 Å². The Morgan fingerprint density at radius 1 is 1.35 bits per heavy atom. The van der Waals surface area contributed by atoms with Crippen molar-refractivity contribution in [3.63, 3.8) is 0 Å². The van der Waals surface area contributed by atoms with E-state index in [1.807, 2.05) is 0 Å². The standard InChI is InChI=1S/C14H17N3O6/c1-22-13(18)9-5-7-16(11(8-9)14(19)23-2)12-10(17(20)21)4-3-6-15-12/h3-4,6,9,11H,5,7-8H2,1-2H3. The first-order chi connectivity index (χ1) is 11.0. The van der Waals surface area contributed by atoms with Gasteiger partial charge in [0.2, 0.25) is 5.82 Å². The molecule has 0 aliphatic carbocycles. The van der Waals surface area contributed by atoms with Gasteiger partial charge in [-0.1, -0.05) is 0 Å². The number of methoxy groups -OCH3 is 2. The van der Waals surface area contributed by atoms with Crippen LogP contribution in [0, 0.1) is 16.0 Å². The summed E-state index contributed by atoms with van der Waals surface area (Å²) in [7, 11) is 2.51. The number of aromatic nitrogens is 1. The van der Waals surface area contributed by atoms with Gasteiger partial charge in [0.05, 0.1) is 25.1 Å². The second kappa shape index (κ2) is 7.03. The molecule has 9 heteroatoms. The van der Waals surface area contributed by atoms with Crippen LogP contribution in [0.3, 0.4) is 0 Å². The number of rotatable bonds is 4. The number of pyridine rings is 1. The molecule has 1 aromatic rings. The van der Waals surface area contributed by atoms with Crippen LogP contribution in [0.4, 0.5) is 11.5 Å². The van der Waals surface area contributed by atoms with Crippen molar-refractivity contribution in [2.75, 3.05) is 25.7 Å². The number of anilines is 1. The minimum absolute atomic E-state index is 0.0937. The van der Waals surface area contributed by atoms with Gasteiger partial charge in [-0.05, 0) is 18.9 Å². The number of ether oxygens (including phenoxy) is 2. The van der Waals surface area contributed by atoms with Crippen molar-refractivity contribution in [1.82, 2.24) is 4.98 Å². The van der Waals surface area contributed by atoms with E-state index in [1.54, 1.807) is 0 Å². The molecule has 1 aromatic heterocycles. The molecule has 1 fully saturated rings. The lowest BCUT2D eigenvalue weighted by molar-refractivity contribution is -0.384. The molecule has 0 aromatic carbocycles. The van der Waals surface area contributed by atoms with Crippen LogP contribution in [0.1, 0.15) is 12.8 Å². The van der Waals surface area contributed by atoms with E-state index < -0.39 is 28.8 Å². The summed E-state index contributed by atoms with van der Waals surface area (Å²) in [4.78, 5) is 40.0. The second-order valence-corrected chi connectivity index (χ2v) is 5.08. The molecular formula is C14H17N3O6. The lowest BCUT2D eigenvalue weighted by atomic mass is 9.90. The lowest BCUT2D eigenvalue weighted by Gasteiger charge is -2.37. The summed E-state index contributed by atoms with van der Waals surface area (Å²) >= 11 is 0. The Balaban J connectivity index is 2.36. The predicted molar refractivity (Wildman–Crippen MR) is 78.8 cm³/mol. The zero-order chi connectivity index (χ0) is 17.0. The lowest BCUT2D eigenvalue weighted by Crippen LogP contribution is -2.49. The minimum Gasteiger partial charge on any atom is -0.469 e. The third-order valence-electron chi connectivity index (χ3n) is 3.85. The van der Waals surface area contributed by atoms with Gasteiger partial charge in [0, 0.05) is 18.8 Å². The zero-order valence-corrected chi connectivity index (χ0v) is 12.8. The third kappa shape index (κ3) is 3.38. The molecule has 1 aliphatic heterocycles. The van der Waals surface area contributed by atoms with Crippen molar-refractivity contribution in [3.05, 3.63) is 28.4 Å².